The van der Waals surface area contributed by atoms with Gasteiger partial charge < -0.3 is 24.2 Å². The van der Waals surface area contributed by atoms with E-state index >= 15 is 0 Å². The van der Waals surface area contributed by atoms with E-state index in [-0.39, 0.29) is 25.9 Å². The SMILES string of the molecule is O=C(c1cccs1)N(Cc1ccc2c(c1)OCO2)Cc1cc(Cl)ccc1OCc1nc(CO)cs1. The summed E-state index contributed by atoms with van der Waals surface area (Å²) in [6, 6.07) is 14.7. The number of aliphatic hydroxyl groups excluding tert-OH is 1. The molecule has 5 rings (SSSR count). The second-order valence-electron chi connectivity index (χ2n) is 7.76. The molecule has 35 heavy (non-hydrogen) atoms. The molecule has 180 valence electrons. The van der Waals surface area contributed by atoms with Crippen molar-refractivity contribution in [3.05, 3.63) is 91.0 Å². The van der Waals surface area contributed by atoms with Gasteiger partial charge in [-0.15, -0.1) is 22.7 Å². The van der Waals surface area contributed by atoms with Gasteiger partial charge >= 0.3 is 0 Å². The normalized spacial score (nSPS) is 12.1. The van der Waals surface area contributed by atoms with Gasteiger partial charge in [-0.25, -0.2) is 4.98 Å². The van der Waals surface area contributed by atoms with Crippen LogP contribution < -0.4 is 14.2 Å². The van der Waals surface area contributed by atoms with Crippen molar-refractivity contribution in [2.75, 3.05) is 6.79 Å². The van der Waals surface area contributed by atoms with Crippen LogP contribution in [0.25, 0.3) is 0 Å². The predicted molar refractivity (Wildman–Crippen MR) is 134 cm³/mol. The van der Waals surface area contributed by atoms with Crippen LogP contribution in [0.1, 0.15) is 31.5 Å². The van der Waals surface area contributed by atoms with E-state index in [1.807, 2.05) is 41.8 Å². The van der Waals surface area contributed by atoms with Gasteiger partial charge in [0.1, 0.15) is 17.4 Å². The molecule has 0 radical (unpaired) electrons. The second kappa shape index (κ2) is 10.7. The molecule has 1 aliphatic rings. The fourth-order valence-electron chi connectivity index (χ4n) is 3.66. The van der Waals surface area contributed by atoms with E-state index < -0.39 is 0 Å². The van der Waals surface area contributed by atoms with E-state index in [1.165, 1.54) is 22.7 Å². The van der Waals surface area contributed by atoms with Crippen molar-refractivity contribution in [3.63, 3.8) is 0 Å². The quantitative estimate of drug-likeness (QED) is 0.309. The largest absolute Gasteiger partial charge is 0.486 e. The van der Waals surface area contributed by atoms with E-state index in [0.29, 0.717) is 45.9 Å². The molecule has 4 aromatic rings. The van der Waals surface area contributed by atoms with Crippen LogP contribution in [-0.2, 0) is 26.3 Å². The summed E-state index contributed by atoms with van der Waals surface area (Å²) in [6.45, 7) is 0.994. The van der Waals surface area contributed by atoms with Gasteiger partial charge in [-0.1, -0.05) is 23.7 Å². The van der Waals surface area contributed by atoms with Gasteiger partial charge in [-0.2, -0.15) is 0 Å². The zero-order valence-corrected chi connectivity index (χ0v) is 20.9. The van der Waals surface area contributed by atoms with Gasteiger partial charge in [0.15, 0.2) is 11.5 Å². The molecule has 0 fully saturated rings. The number of carbonyl (C=O) groups is 1. The molecule has 0 saturated carbocycles. The number of ether oxygens (including phenoxy) is 3. The average molecular weight is 529 g/mol. The highest BCUT2D eigenvalue weighted by molar-refractivity contribution is 7.12. The molecule has 0 unspecified atom stereocenters. The zero-order chi connectivity index (χ0) is 24.2. The van der Waals surface area contributed by atoms with E-state index in [0.717, 1.165) is 16.1 Å². The Morgan fingerprint density at radius 2 is 2.00 bits per heavy atom. The molecule has 2 aromatic carbocycles. The van der Waals surface area contributed by atoms with Crippen LogP contribution >= 0.6 is 34.3 Å². The molecule has 3 heterocycles. The van der Waals surface area contributed by atoms with Crippen molar-refractivity contribution in [1.82, 2.24) is 9.88 Å². The number of aromatic nitrogens is 1. The van der Waals surface area contributed by atoms with Crippen LogP contribution in [0, 0.1) is 0 Å². The Morgan fingerprint density at radius 3 is 2.80 bits per heavy atom. The molecule has 0 atom stereocenters. The standard InChI is InChI=1S/C25H21ClN2O5S2/c26-18-4-6-20(31-13-24-27-19(12-29)14-35-24)17(9-18)11-28(25(30)23-2-1-7-34-23)10-16-3-5-21-22(8-16)33-15-32-21/h1-9,14,29H,10-13,15H2. The smallest absolute Gasteiger partial charge is 0.264 e. The number of thiophene rings is 1. The number of amides is 1. The maximum atomic E-state index is 13.4. The van der Waals surface area contributed by atoms with Crippen LogP contribution in [0.15, 0.2) is 59.3 Å². The molecule has 0 spiro atoms. The molecule has 7 nitrogen and oxygen atoms in total. The molecule has 0 bridgehead atoms. The minimum Gasteiger partial charge on any atom is -0.486 e. The van der Waals surface area contributed by atoms with Crippen LogP contribution in [0.2, 0.25) is 5.02 Å². The summed E-state index contributed by atoms with van der Waals surface area (Å²) in [6.07, 6.45) is 0. The third-order valence-electron chi connectivity index (χ3n) is 5.33. The maximum absolute atomic E-state index is 13.4. The van der Waals surface area contributed by atoms with Crippen molar-refractivity contribution < 1.29 is 24.1 Å². The number of fused-ring (bicyclic) bond motifs is 1. The Hall–Kier alpha value is -3.11. The van der Waals surface area contributed by atoms with Gasteiger partial charge in [-0.3, -0.25) is 4.79 Å². The summed E-state index contributed by atoms with van der Waals surface area (Å²) in [7, 11) is 0. The molecule has 0 saturated heterocycles. The first-order chi connectivity index (χ1) is 17.1. The second-order valence-corrected chi connectivity index (χ2v) is 10.1. The van der Waals surface area contributed by atoms with Gasteiger partial charge in [0.05, 0.1) is 23.7 Å². The fraction of sp³-hybridized carbons (Fsp3) is 0.200. The molecule has 1 amide bonds. The van der Waals surface area contributed by atoms with Crippen LogP contribution in [0.4, 0.5) is 0 Å². The maximum Gasteiger partial charge on any atom is 0.264 e. The summed E-state index contributed by atoms with van der Waals surface area (Å²) in [5.41, 5.74) is 2.31. The molecule has 10 heteroatoms. The monoisotopic (exact) mass is 528 g/mol. The van der Waals surface area contributed by atoms with Gasteiger partial charge in [0.25, 0.3) is 5.91 Å². The van der Waals surface area contributed by atoms with E-state index in [1.54, 1.807) is 22.4 Å². The summed E-state index contributed by atoms with van der Waals surface area (Å²) in [5.74, 6) is 1.89. The number of halogens is 1. The molecule has 2 aromatic heterocycles. The molecule has 1 N–H and O–H groups in total. The Bertz CT molecular complexity index is 1330. The number of hydrogen-bond acceptors (Lipinski definition) is 8. The Kier molecular flexibility index (Phi) is 7.19. The number of hydrogen-bond donors (Lipinski definition) is 1. The third kappa shape index (κ3) is 5.59. The number of thiazole rings is 1. The minimum atomic E-state index is -0.109. The summed E-state index contributed by atoms with van der Waals surface area (Å²) in [4.78, 5) is 20.2. The first-order valence-electron chi connectivity index (χ1n) is 10.8. The van der Waals surface area contributed by atoms with E-state index in [4.69, 9.17) is 25.8 Å². The molecular weight excluding hydrogens is 508 g/mol. The van der Waals surface area contributed by atoms with Crippen molar-refractivity contribution in [2.45, 2.75) is 26.3 Å². The first kappa shape index (κ1) is 23.6. The summed E-state index contributed by atoms with van der Waals surface area (Å²) in [5, 5.41) is 14.2. The average Bonchev–Trinajstić information content (AvgIpc) is 3.64. The molecular formula is C25H21ClN2O5S2. The fourth-order valence-corrected chi connectivity index (χ4v) is 5.24. The number of aliphatic hydroxyl groups is 1. The van der Waals surface area contributed by atoms with Gasteiger partial charge in [0.2, 0.25) is 6.79 Å². The number of benzene rings is 2. The van der Waals surface area contributed by atoms with Crippen LogP contribution in [0.3, 0.4) is 0 Å². The topological polar surface area (TPSA) is 81.1 Å². The molecule has 0 aliphatic carbocycles. The van der Waals surface area contributed by atoms with Crippen LogP contribution in [0.5, 0.6) is 17.2 Å². The lowest BCUT2D eigenvalue weighted by Gasteiger charge is -2.24. The number of carbonyl (C=O) groups excluding carboxylic acids is 1. The highest BCUT2D eigenvalue weighted by Crippen LogP contribution is 2.34. The predicted octanol–water partition coefficient (Wildman–Crippen LogP) is 5.50. The lowest BCUT2D eigenvalue weighted by atomic mass is 10.1. The number of rotatable bonds is 9. The lowest BCUT2D eigenvalue weighted by Crippen LogP contribution is -2.29. The number of nitrogens with zero attached hydrogens (tertiary/aromatic N) is 2. The Balaban J connectivity index is 1.40. The van der Waals surface area contributed by atoms with Crippen molar-refractivity contribution >= 4 is 40.2 Å². The lowest BCUT2D eigenvalue weighted by molar-refractivity contribution is 0.0733. The summed E-state index contributed by atoms with van der Waals surface area (Å²) < 4.78 is 17.0. The Morgan fingerprint density at radius 1 is 1.11 bits per heavy atom. The van der Waals surface area contributed by atoms with Crippen molar-refractivity contribution in [1.29, 1.82) is 0 Å². The van der Waals surface area contributed by atoms with Crippen molar-refractivity contribution in [2.24, 2.45) is 0 Å². The zero-order valence-electron chi connectivity index (χ0n) is 18.5. The Labute approximate surface area is 215 Å². The third-order valence-corrected chi connectivity index (χ3v) is 7.29. The van der Waals surface area contributed by atoms with Gasteiger partial charge in [-0.05, 0) is 47.3 Å². The van der Waals surface area contributed by atoms with Gasteiger partial charge in [0, 0.05) is 22.5 Å². The van der Waals surface area contributed by atoms with E-state index in [9.17, 15) is 9.90 Å². The van der Waals surface area contributed by atoms with Crippen molar-refractivity contribution in [3.8, 4) is 17.2 Å². The van der Waals surface area contributed by atoms with Crippen LogP contribution in [-0.4, -0.2) is 27.7 Å². The first-order valence-corrected chi connectivity index (χ1v) is 12.9. The molecule has 1 aliphatic heterocycles. The van der Waals surface area contributed by atoms with E-state index in [2.05, 4.69) is 4.98 Å². The minimum absolute atomic E-state index is 0.0869. The highest BCUT2D eigenvalue weighted by atomic mass is 35.5. The highest BCUT2D eigenvalue weighted by Gasteiger charge is 2.21. The summed E-state index contributed by atoms with van der Waals surface area (Å²) >= 11 is 9.14.